The highest BCUT2D eigenvalue weighted by molar-refractivity contribution is 9.10. The van der Waals surface area contributed by atoms with Gasteiger partial charge in [0.2, 0.25) is 0 Å². The van der Waals surface area contributed by atoms with Crippen LogP contribution in [-0.2, 0) is 14.3 Å². The molecule has 2 rings (SSSR count). The Labute approximate surface area is 170 Å². The van der Waals surface area contributed by atoms with E-state index in [2.05, 4.69) is 21.2 Å². The van der Waals surface area contributed by atoms with Gasteiger partial charge in [-0.3, -0.25) is 9.59 Å². The lowest BCUT2D eigenvalue weighted by atomic mass is 10.3. The standard InChI is InChI=1S/C19H19BrClNO5/c1-25-15-7-5-14(6-8-15)22-18(23)12-27-19(24)3-2-10-26-17-9-4-13(20)11-16(17)21/h4-9,11H,2-3,10,12H2,1H3,(H,22,23). The third kappa shape index (κ3) is 7.48. The van der Waals surface area contributed by atoms with Crippen LogP contribution in [-0.4, -0.2) is 32.2 Å². The van der Waals surface area contributed by atoms with E-state index in [4.69, 9.17) is 25.8 Å². The highest BCUT2D eigenvalue weighted by Gasteiger charge is 2.09. The number of methoxy groups -OCH3 is 1. The molecule has 144 valence electrons. The molecule has 0 saturated carbocycles. The van der Waals surface area contributed by atoms with E-state index in [9.17, 15) is 9.59 Å². The second kappa shape index (κ2) is 10.8. The van der Waals surface area contributed by atoms with Crippen molar-refractivity contribution in [1.29, 1.82) is 0 Å². The molecule has 0 saturated heterocycles. The van der Waals surface area contributed by atoms with Gasteiger partial charge in [0.05, 0.1) is 18.7 Å². The Balaban J connectivity index is 1.63. The largest absolute Gasteiger partial charge is 0.497 e. The van der Waals surface area contributed by atoms with Gasteiger partial charge in [-0.15, -0.1) is 0 Å². The van der Waals surface area contributed by atoms with E-state index in [1.165, 1.54) is 0 Å². The molecule has 2 aromatic carbocycles. The summed E-state index contributed by atoms with van der Waals surface area (Å²) in [4.78, 5) is 23.5. The number of carbonyl (C=O) groups is 2. The van der Waals surface area contributed by atoms with E-state index in [1.807, 2.05) is 6.07 Å². The fraction of sp³-hybridized carbons (Fsp3) is 0.263. The third-order valence-electron chi connectivity index (χ3n) is 3.41. The van der Waals surface area contributed by atoms with Gasteiger partial charge in [-0.1, -0.05) is 27.5 Å². The van der Waals surface area contributed by atoms with Crippen LogP contribution in [0.2, 0.25) is 5.02 Å². The average molecular weight is 457 g/mol. The fourth-order valence-corrected chi connectivity index (χ4v) is 2.81. The predicted molar refractivity (Wildman–Crippen MR) is 106 cm³/mol. The summed E-state index contributed by atoms with van der Waals surface area (Å²) in [5.74, 6) is 0.356. The maximum absolute atomic E-state index is 11.8. The molecule has 0 aliphatic heterocycles. The Kier molecular flexibility index (Phi) is 8.42. The molecule has 1 amide bonds. The number of hydrogen-bond donors (Lipinski definition) is 1. The Bertz CT molecular complexity index is 782. The Morgan fingerprint density at radius 3 is 2.56 bits per heavy atom. The molecule has 1 N–H and O–H groups in total. The van der Waals surface area contributed by atoms with Crippen LogP contribution in [0.3, 0.4) is 0 Å². The highest BCUT2D eigenvalue weighted by Crippen LogP contribution is 2.27. The lowest BCUT2D eigenvalue weighted by Crippen LogP contribution is -2.21. The number of carbonyl (C=O) groups excluding carboxylic acids is 2. The van der Waals surface area contributed by atoms with Gasteiger partial charge in [-0.2, -0.15) is 0 Å². The van der Waals surface area contributed by atoms with Crippen LogP contribution < -0.4 is 14.8 Å². The lowest BCUT2D eigenvalue weighted by molar-refractivity contribution is -0.147. The van der Waals surface area contributed by atoms with Gasteiger partial charge in [-0.25, -0.2) is 0 Å². The summed E-state index contributed by atoms with van der Waals surface area (Å²) < 4.78 is 16.4. The minimum absolute atomic E-state index is 0.143. The van der Waals surface area contributed by atoms with E-state index in [1.54, 1.807) is 43.5 Å². The van der Waals surface area contributed by atoms with Gasteiger partial charge in [-0.05, 0) is 48.9 Å². The van der Waals surface area contributed by atoms with Crippen molar-refractivity contribution in [2.45, 2.75) is 12.8 Å². The molecule has 8 heteroatoms. The normalized spacial score (nSPS) is 10.2. The molecular formula is C19H19BrClNO5. The molecule has 0 bridgehead atoms. The van der Waals surface area contributed by atoms with Crippen LogP contribution in [0.5, 0.6) is 11.5 Å². The fourth-order valence-electron chi connectivity index (χ4n) is 2.08. The molecule has 0 aliphatic carbocycles. The molecule has 0 aliphatic rings. The van der Waals surface area contributed by atoms with Gasteiger partial charge >= 0.3 is 5.97 Å². The van der Waals surface area contributed by atoms with E-state index in [0.717, 1.165) is 4.47 Å². The van der Waals surface area contributed by atoms with Crippen LogP contribution in [0.15, 0.2) is 46.9 Å². The van der Waals surface area contributed by atoms with Crippen molar-refractivity contribution >= 4 is 45.1 Å². The SMILES string of the molecule is COc1ccc(NC(=O)COC(=O)CCCOc2ccc(Br)cc2Cl)cc1. The van der Waals surface area contributed by atoms with Gasteiger partial charge in [0.1, 0.15) is 11.5 Å². The molecule has 0 radical (unpaired) electrons. The minimum Gasteiger partial charge on any atom is -0.497 e. The van der Waals surface area contributed by atoms with Crippen molar-refractivity contribution in [3.63, 3.8) is 0 Å². The van der Waals surface area contributed by atoms with Crippen LogP contribution >= 0.6 is 27.5 Å². The quantitative estimate of drug-likeness (QED) is 0.446. The Morgan fingerprint density at radius 2 is 1.89 bits per heavy atom. The van der Waals surface area contributed by atoms with Crippen LogP contribution in [0.25, 0.3) is 0 Å². The topological polar surface area (TPSA) is 73.9 Å². The predicted octanol–water partition coefficient (Wildman–Crippen LogP) is 4.45. The first-order chi connectivity index (χ1) is 13.0. The molecule has 0 aromatic heterocycles. The Hall–Kier alpha value is -2.25. The zero-order chi connectivity index (χ0) is 19.6. The molecule has 27 heavy (non-hydrogen) atoms. The van der Waals surface area contributed by atoms with Crippen LogP contribution in [0.1, 0.15) is 12.8 Å². The number of ether oxygens (including phenoxy) is 3. The van der Waals surface area contributed by atoms with Crippen LogP contribution in [0, 0.1) is 0 Å². The van der Waals surface area contributed by atoms with E-state index in [-0.39, 0.29) is 13.0 Å². The second-order valence-electron chi connectivity index (χ2n) is 5.46. The summed E-state index contributed by atoms with van der Waals surface area (Å²) in [6.07, 6.45) is 0.593. The minimum atomic E-state index is -0.467. The molecule has 0 unspecified atom stereocenters. The first-order valence-electron chi connectivity index (χ1n) is 8.15. The van der Waals surface area contributed by atoms with E-state index in [0.29, 0.717) is 35.2 Å². The van der Waals surface area contributed by atoms with Crippen molar-refractivity contribution in [1.82, 2.24) is 0 Å². The van der Waals surface area contributed by atoms with Gasteiger partial charge < -0.3 is 19.5 Å². The third-order valence-corrected chi connectivity index (χ3v) is 4.20. The number of halogens is 2. The molecule has 0 fully saturated rings. The smallest absolute Gasteiger partial charge is 0.306 e. The number of hydrogen-bond acceptors (Lipinski definition) is 5. The number of amides is 1. The monoisotopic (exact) mass is 455 g/mol. The molecule has 0 heterocycles. The maximum atomic E-state index is 11.8. The Morgan fingerprint density at radius 1 is 1.15 bits per heavy atom. The number of anilines is 1. The van der Waals surface area contributed by atoms with Gasteiger partial charge in [0.15, 0.2) is 6.61 Å². The molecule has 0 spiro atoms. The number of benzene rings is 2. The summed E-state index contributed by atoms with van der Waals surface area (Å²) in [5, 5.41) is 3.12. The van der Waals surface area contributed by atoms with Crippen molar-refractivity contribution in [3.8, 4) is 11.5 Å². The number of esters is 1. The second-order valence-corrected chi connectivity index (χ2v) is 6.79. The van der Waals surface area contributed by atoms with Crippen LogP contribution in [0.4, 0.5) is 5.69 Å². The summed E-state index contributed by atoms with van der Waals surface area (Å²) in [5.41, 5.74) is 0.594. The highest BCUT2D eigenvalue weighted by atomic mass is 79.9. The molecule has 2 aromatic rings. The zero-order valence-corrected chi connectivity index (χ0v) is 17.0. The van der Waals surface area contributed by atoms with Crippen molar-refractivity contribution in [3.05, 3.63) is 52.0 Å². The first-order valence-corrected chi connectivity index (χ1v) is 9.32. The molecular weight excluding hydrogens is 438 g/mol. The average Bonchev–Trinajstić information content (AvgIpc) is 2.65. The molecule has 0 atom stereocenters. The lowest BCUT2D eigenvalue weighted by Gasteiger charge is -2.09. The van der Waals surface area contributed by atoms with E-state index >= 15 is 0 Å². The number of rotatable bonds is 9. The summed E-state index contributed by atoms with van der Waals surface area (Å²) >= 11 is 9.35. The molecule has 6 nitrogen and oxygen atoms in total. The van der Waals surface area contributed by atoms with E-state index < -0.39 is 11.9 Å². The van der Waals surface area contributed by atoms with Crippen molar-refractivity contribution in [2.24, 2.45) is 0 Å². The zero-order valence-electron chi connectivity index (χ0n) is 14.7. The number of nitrogens with one attached hydrogen (secondary N) is 1. The van der Waals surface area contributed by atoms with Crippen molar-refractivity contribution < 1.29 is 23.8 Å². The summed E-state index contributed by atoms with van der Waals surface area (Å²) in [6, 6.07) is 12.1. The first kappa shape index (κ1) is 21.1. The van der Waals surface area contributed by atoms with Gasteiger partial charge in [0.25, 0.3) is 5.91 Å². The maximum Gasteiger partial charge on any atom is 0.306 e. The van der Waals surface area contributed by atoms with Gasteiger partial charge in [0, 0.05) is 16.6 Å². The summed E-state index contributed by atoms with van der Waals surface area (Å²) in [7, 11) is 1.56. The van der Waals surface area contributed by atoms with Crippen molar-refractivity contribution in [2.75, 3.05) is 25.6 Å². The summed E-state index contributed by atoms with van der Waals surface area (Å²) in [6.45, 7) is -0.0290.